The van der Waals surface area contributed by atoms with Gasteiger partial charge in [-0.15, -0.1) is 0 Å². The van der Waals surface area contributed by atoms with Crippen molar-refractivity contribution in [3.8, 4) is 0 Å². The first kappa shape index (κ1) is 11.5. The molecular formula is C11H14N2O4. The predicted octanol–water partition coefficient (Wildman–Crippen LogP) is 0.896. The number of amides is 2. The highest BCUT2D eigenvalue weighted by Gasteiger charge is 2.31. The van der Waals surface area contributed by atoms with E-state index in [1.165, 1.54) is 0 Å². The zero-order valence-electron chi connectivity index (χ0n) is 9.26. The Balaban J connectivity index is 1.67. The van der Waals surface area contributed by atoms with Crippen LogP contribution in [0.2, 0.25) is 0 Å². The van der Waals surface area contributed by atoms with Crippen molar-refractivity contribution >= 4 is 12.0 Å². The second kappa shape index (κ2) is 4.90. The number of aliphatic carboxylic acids is 1. The maximum absolute atomic E-state index is 11.6. The van der Waals surface area contributed by atoms with Gasteiger partial charge in [-0.2, -0.15) is 0 Å². The normalized spacial score (nSPS) is 15.4. The molecule has 1 aliphatic rings. The Labute approximate surface area is 98.2 Å². The summed E-state index contributed by atoms with van der Waals surface area (Å²) in [6, 6.07) is 3.36. The number of rotatable bonds is 4. The molecule has 0 radical (unpaired) electrons. The summed E-state index contributed by atoms with van der Waals surface area (Å²) in [4.78, 5) is 23.6. The molecule has 2 amide bonds. The Morgan fingerprint density at radius 1 is 1.53 bits per heavy atom. The minimum absolute atomic E-state index is 0.0851. The van der Waals surface area contributed by atoms with Crippen molar-refractivity contribution in [1.29, 1.82) is 0 Å². The van der Waals surface area contributed by atoms with Crippen molar-refractivity contribution in [3.63, 3.8) is 0 Å². The molecule has 1 aromatic rings. The van der Waals surface area contributed by atoms with Crippen molar-refractivity contribution in [2.24, 2.45) is 5.92 Å². The van der Waals surface area contributed by atoms with Gasteiger partial charge in [-0.25, -0.2) is 4.79 Å². The van der Waals surface area contributed by atoms with Crippen LogP contribution >= 0.6 is 0 Å². The lowest BCUT2D eigenvalue weighted by Gasteiger charge is -2.38. The monoisotopic (exact) mass is 238 g/mol. The van der Waals surface area contributed by atoms with Crippen molar-refractivity contribution in [2.75, 3.05) is 13.1 Å². The van der Waals surface area contributed by atoms with Gasteiger partial charge in [0.1, 0.15) is 5.76 Å². The van der Waals surface area contributed by atoms with Crippen LogP contribution in [0.1, 0.15) is 12.2 Å². The Morgan fingerprint density at radius 2 is 2.29 bits per heavy atom. The molecule has 0 aromatic carbocycles. The number of furan rings is 1. The van der Waals surface area contributed by atoms with E-state index in [2.05, 4.69) is 5.32 Å². The van der Waals surface area contributed by atoms with Crippen molar-refractivity contribution in [3.05, 3.63) is 24.2 Å². The summed E-state index contributed by atoms with van der Waals surface area (Å²) in [6.07, 6.45) is 1.68. The van der Waals surface area contributed by atoms with Gasteiger partial charge in [-0.1, -0.05) is 0 Å². The number of nitrogens with one attached hydrogen (secondary N) is 1. The molecule has 0 bridgehead atoms. The summed E-state index contributed by atoms with van der Waals surface area (Å²) in [5.74, 6) is -0.0338. The number of hydrogen-bond acceptors (Lipinski definition) is 3. The Hall–Kier alpha value is -1.98. The van der Waals surface area contributed by atoms with E-state index in [0.29, 0.717) is 25.4 Å². The Kier molecular flexibility index (Phi) is 3.32. The average Bonchev–Trinajstić information content (AvgIpc) is 2.71. The highest BCUT2D eigenvalue weighted by Crippen LogP contribution is 2.18. The fourth-order valence-electron chi connectivity index (χ4n) is 1.80. The van der Waals surface area contributed by atoms with Gasteiger partial charge in [0.2, 0.25) is 0 Å². The molecule has 0 aliphatic carbocycles. The van der Waals surface area contributed by atoms with Crippen LogP contribution in [0.3, 0.4) is 0 Å². The van der Waals surface area contributed by atoms with E-state index >= 15 is 0 Å². The summed E-state index contributed by atoms with van der Waals surface area (Å²) in [5, 5.41) is 11.3. The molecule has 6 heteroatoms. The lowest BCUT2D eigenvalue weighted by Crippen LogP contribution is -2.54. The second-order valence-corrected chi connectivity index (χ2v) is 4.11. The van der Waals surface area contributed by atoms with Gasteiger partial charge in [0.15, 0.2) is 0 Å². The van der Waals surface area contributed by atoms with E-state index < -0.39 is 5.97 Å². The smallest absolute Gasteiger partial charge is 0.317 e. The van der Waals surface area contributed by atoms with Crippen LogP contribution in [-0.4, -0.2) is 35.1 Å². The summed E-state index contributed by atoms with van der Waals surface area (Å²) < 4.78 is 5.08. The second-order valence-electron chi connectivity index (χ2n) is 4.11. The van der Waals surface area contributed by atoms with Crippen LogP contribution in [0, 0.1) is 5.92 Å². The molecule has 2 N–H and O–H groups in total. The minimum atomic E-state index is -0.814. The molecule has 1 saturated heterocycles. The third-order valence-electron chi connectivity index (χ3n) is 2.70. The zero-order valence-corrected chi connectivity index (χ0v) is 9.26. The Bertz CT molecular complexity index is 396. The average molecular weight is 238 g/mol. The first-order chi connectivity index (χ1) is 8.15. The van der Waals surface area contributed by atoms with E-state index in [9.17, 15) is 9.59 Å². The molecule has 0 spiro atoms. The molecule has 2 heterocycles. The largest absolute Gasteiger partial charge is 0.481 e. The molecule has 1 fully saturated rings. The summed E-state index contributed by atoms with van der Waals surface area (Å²) in [6.45, 7) is 1.37. The van der Waals surface area contributed by atoms with Crippen LogP contribution in [-0.2, 0) is 11.3 Å². The van der Waals surface area contributed by atoms with Gasteiger partial charge in [0.25, 0.3) is 0 Å². The van der Waals surface area contributed by atoms with Gasteiger partial charge >= 0.3 is 12.0 Å². The van der Waals surface area contributed by atoms with Crippen LogP contribution in [0.5, 0.6) is 0 Å². The number of carboxylic acid groups (broad SMARTS) is 1. The Morgan fingerprint density at radius 3 is 2.88 bits per heavy atom. The van der Waals surface area contributed by atoms with Crippen LogP contribution in [0.15, 0.2) is 22.8 Å². The van der Waals surface area contributed by atoms with Crippen LogP contribution in [0.4, 0.5) is 4.79 Å². The van der Waals surface area contributed by atoms with Crippen LogP contribution in [0.25, 0.3) is 0 Å². The quantitative estimate of drug-likeness (QED) is 0.816. The third-order valence-corrected chi connectivity index (χ3v) is 2.70. The van der Waals surface area contributed by atoms with E-state index in [4.69, 9.17) is 9.52 Å². The number of hydrogen-bond donors (Lipinski definition) is 2. The van der Waals surface area contributed by atoms with Crippen LogP contribution < -0.4 is 5.32 Å². The molecule has 6 nitrogen and oxygen atoms in total. The zero-order chi connectivity index (χ0) is 12.3. The standard InChI is InChI=1S/C11H14N2O4/c14-10(15)4-8-6-13(7-8)11(16)12-5-9-2-1-3-17-9/h1-3,8H,4-7H2,(H,12,16)(H,14,15). The lowest BCUT2D eigenvalue weighted by molar-refractivity contribution is -0.139. The number of urea groups is 1. The molecule has 17 heavy (non-hydrogen) atoms. The lowest BCUT2D eigenvalue weighted by atomic mass is 9.97. The van der Waals surface area contributed by atoms with Gasteiger partial charge in [0, 0.05) is 19.0 Å². The number of likely N-dealkylation sites (tertiary alicyclic amines) is 1. The number of carbonyl (C=O) groups is 2. The predicted molar refractivity (Wildman–Crippen MR) is 58.3 cm³/mol. The maximum Gasteiger partial charge on any atom is 0.317 e. The van der Waals surface area contributed by atoms with Crippen molar-refractivity contribution in [1.82, 2.24) is 10.2 Å². The fourth-order valence-corrected chi connectivity index (χ4v) is 1.80. The molecule has 0 atom stereocenters. The van der Waals surface area contributed by atoms with E-state index in [1.807, 2.05) is 0 Å². The SMILES string of the molecule is O=C(O)CC1CN(C(=O)NCc2ccco2)C1. The maximum atomic E-state index is 11.6. The molecule has 1 aliphatic heterocycles. The van der Waals surface area contributed by atoms with E-state index in [1.54, 1.807) is 23.3 Å². The molecule has 0 saturated carbocycles. The molecule has 1 aromatic heterocycles. The summed E-state index contributed by atoms with van der Waals surface area (Å²) in [7, 11) is 0. The van der Waals surface area contributed by atoms with Gasteiger partial charge in [0.05, 0.1) is 19.2 Å². The summed E-state index contributed by atoms with van der Waals surface area (Å²) >= 11 is 0. The number of carboxylic acids is 1. The van der Waals surface area contributed by atoms with Gasteiger partial charge in [-0.3, -0.25) is 4.79 Å². The van der Waals surface area contributed by atoms with E-state index in [-0.39, 0.29) is 18.4 Å². The highest BCUT2D eigenvalue weighted by atomic mass is 16.4. The first-order valence-corrected chi connectivity index (χ1v) is 5.42. The molecule has 0 unspecified atom stereocenters. The molecule has 92 valence electrons. The fraction of sp³-hybridized carbons (Fsp3) is 0.455. The highest BCUT2D eigenvalue weighted by molar-refractivity contribution is 5.75. The third kappa shape index (κ3) is 2.99. The number of carbonyl (C=O) groups excluding carboxylic acids is 1. The molecule has 2 rings (SSSR count). The first-order valence-electron chi connectivity index (χ1n) is 5.42. The summed E-state index contributed by atoms with van der Waals surface area (Å²) in [5.41, 5.74) is 0. The van der Waals surface area contributed by atoms with E-state index in [0.717, 1.165) is 0 Å². The van der Waals surface area contributed by atoms with Crippen molar-refractivity contribution < 1.29 is 19.1 Å². The topological polar surface area (TPSA) is 82.8 Å². The molecular weight excluding hydrogens is 224 g/mol. The minimum Gasteiger partial charge on any atom is -0.481 e. The van der Waals surface area contributed by atoms with Gasteiger partial charge < -0.3 is 19.7 Å². The number of nitrogens with zero attached hydrogens (tertiary/aromatic N) is 1. The van der Waals surface area contributed by atoms with Crippen molar-refractivity contribution in [2.45, 2.75) is 13.0 Å². The van der Waals surface area contributed by atoms with Gasteiger partial charge in [-0.05, 0) is 12.1 Å².